The van der Waals surface area contributed by atoms with Crippen LogP contribution in [0, 0.1) is 11.7 Å². The topological polar surface area (TPSA) is 15.3 Å². The van der Waals surface area contributed by atoms with Gasteiger partial charge in [-0.25, -0.2) is 4.39 Å². The van der Waals surface area contributed by atoms with E-state index in [1.54, 1.807) is 12.1 Å². The van der Waals surface area contributed by atoms with E-state index in [0.29, 0.717) is 6.04 Å². The van der Waals surface area contributed by atoms with Gasteiger partial charge in [0.05, 0.1) is 0 Å². The molecule has 1 saturated heterocycles. The molecule has 1 fully saturated rings. The van der Waals surface area contributed by atoms with Crippen LogP contribution in [0.4, 0.5) is 10.1 Å². The molecule has 0 bridgehead atoms. The van der Waals surface area contributed by atoms with E-state index in [2.05, 4.69) is 31.0 Å². The molecule has 1 aliphatic rings. The summed E-state index contributed by atoms with van der Waals surface area (Å²) in [6.45, 7) is 9.39. The highest BCUT2D eigenvalue weighted by Crippen LogP contribution is 2.27. The van der Waals surface area contributed by atoms with Crippen LogP contribution in [-0.4, -0.2) is 19.1 Å². The first-order valence-electron chi connectivity index (χ1n) is 6.83. The molecular weight excluding hydrogens is 227 g/mol. The van der Waals surface area contributed by atoms with Crippen molar-refractivity contribution in [2.45, 2.75) is 39.8 Å². The molecule has 2 rings (SSSR count). The fourth-order valence-corrected chi connectivity index (χ4v) is 2.47. The van der Waals surface area contributed by atoms with Gasteiger partial charge in [-0.1, -0.05) is 20.8 Å². The standard InChI is InChI=1S/C15H23FN2/c1-11(2)17-9-13-8-14(16)4-5-15(13)18-7-6-12(3)10-18/h4-5,8,11-12,17H,6-7,9-10H2,1-3H3. The van der Waals surface area contributed by atoms with Crippen LogP contribution in [0.2, 0.25) is 0 Å². The zero-order valence-electron chi connectivity index (χ0n) is 11.5. The number of hydrogen-bond donors (Lipinski definition) is 1. The number of hydrogen-bond acceptors (Lipinski definition) is 2. The number of benzene rings is 1. The molecule has 0 spiro atoms. The molecule has 0 radical (unpaired) electrons. The van der Waals surface area contributed by atoms with Gasteiger partial charge in [0.1, 0.15) is 5.82 Å². The molecule has 1 aliphatic heterocycles. The lowest BCUT2D eigenvalue weighted by Crippen LogP contribution is -2.25. The summed E-state index contributed by atoms with van der Waals surface area (Å²) in [6, 6.07) is 5.56. The molecular formula is C15H23FN2. The SMILES string of the molecule is CC1CCN(c2ccc(F)cc2CNC(C)C)C1. The van der Waals surface area contributed by atoms with Crippen LogP contribution in [-0.2, 0) is 6.54 Å². The van der Waals surface area contributed by atoms with Gasteiger partial charge in [0.15, 0.2) is 0 Å². The Hall–Kier alpha value is -1.09. The van der Waals surface area contributed by atoms with E-state index in [1.807, 2.05) is 6.07 Å². The third-order valence-corrected chi connectivity index (χ3v) is 3.51. The van der Waals surface area contributed by atoms with Gasteiger partial charge in [0, 0.05) is 31.4 Å². The van der Waals surface area contributed by atoms with Crippen LogP contribution >= 0.6 is 0 Å². The van der Waals surface area contributed by atoms with E-state index in [1.165, 1.54) is 12.1 Å². The molecule has 0 aliphatic carbocycles. The van der Waals surface area contributed by atoms with Crippen LogP contribution in [0.3, 0.4) is 0 Å². The second kappa shape index (κ2) is 5.70. The van der Waals surface area contributed by atoms with Crippen molar-refractivity contribution < 1.29 is 4.39 Å². The van der Waals surface area contributed by atoms with Crippen LogP contribution in [0.15, 0.2) is 18.2 Å². The van der Waals surface area contributed by atoms with E-state index in [0.717, 1.165) is 31.1 Å². The van der Waals surface area contributed by atoms with Crippen molar-refractivity contribution in [3.63, 3.8) is 0 Å². The fraction of sp³-hybridized carbons (Fsp3) is 0.600. The van der Waals surface area contributed by atoms with E-state index in [4.69, 9.17) is 0 Å². The molecule has 1 aromatic carbocycles. The summed E-state index contributed by atoms with van der Waals surface area (Å²) < 4.78 is 13.4. The summed E-state index contributed by atoms with van der Waals surface area (Å²) in [6.07, 6.45) is 1.23. The molecule has 1 heterocycles. The number of nitrogens with zero attached hydrogens (tertiary/aromatic N) is 1. The van der Waals surface area contributed by atoms with E-state index >= 15 is 0 Å². The Morgan fingerprint density at radius 3 is 2.83 bits per heavy atom. The summed E-state index contributed by atoms with van der Waals surface area (Å²) in [5.74, 6) is 0.590. The first kappa shape index (κ1) is 13.3. The minimum absolute atomic E-state index is 0.147. The zero-order valence-corrected chi connectivity index (χ0v) is 11.5. The molecule has 2 nitrogen and oxygen atoms in total. The molecule has 100 valence electrons. The third kappa shape index (κ3) is 3.22. The molecule has 1 aromatic rings. The average molecular weight is 250 g/mol. The fourth-order valence-electron chi connectivity index (χ4n) is 2.47. The normalized spacial score (nSPS) is 19.8. The smallest absolute Gasteiger partial charge is 0.123 e. The van der Waals surface area contributed by atoms with E-state index in [-0.39, 0.29) is 5.82 Å². The Morgan fingerprint density at radius 1 is 1.44 bits per heavy atom. The molecule has 1 atom stereocenters. The molecule has 0 saturated carbocycles. The van der Waals surface area contributed by atoms with Crippen LogP contribution in [0.5, 0.6) is 0 Å². The number of rotatable bonds is 4. The first-order valence-corrected chi connectivity index (χ1v) is 6.83. The predicted molar refractivity (Wildman–Crippen MR) is 74.4 cm³/mol. The molecule has 18 heavy (non-hydrogen) atoms. The monoisotopic (exact) mass is 250 g/mol. The van der Waals surface area contributed by atoms with Gasteiger partial charge in [0.2, 0.25) is 0 Å². The highest BCUT2D eigenvalue weighted by Gasteiger charge is 2.21. The van der Waals surface area contributed by atoms with Gasteiger partial charge in [-0.2, -0.15) is 0 Å². The maximum Gasteiger partial charge on any atom is 0.123 e. The van der Waals surface area contributed by atoms with Crippen molar-refractivity contribution in [2.75, 3.05) is 18.0 Å². The lowest BCUT2D eigenvalue weighted by molar-refractivity contribution is 0.580. The molecule has 1 unspecified atom stereocenters. The lowest BCUT2D eigenvalue weighted by atomic mass is 10.1. The van der Waals surface area contributed by atoms with Crippen molar-refractivity contribution in [2.24, 2.45) is 5.92 Å². The quantitative estimate of drug-likeness (QED) is 0.883. The van der Waals surface area contributed by atoms with Crippen LogP contribution in [0.1, 0.15) is 32.8 Å². The summed E-state index contributed by atoms with van der Waals surface area (Å²) >= 11 is 0. The number of anilines is 1. The maximum absolute atomic E-state index is 13.4. The van der Waals surface area contributed by atoms with Gasteiger partial charge in [-0.15, -0.1) is 0 Å². The average Bonchev–Trinajstić information content (AvgIpc) is 2.73. The van der Waals surface area contributed by atoms with Crippen molar-refractivity contribution in [1.82, 2.24) is 5.32 Å². The van der Waals surface area contributed by atoms with Crippen molar-refractivity contribution in [1.29, 1.82) is 0 Å². The van der Waals surface area contributed by atoms with Gasteiger partial charge in [-0.3, -0.25) is 0 Å². The van der Waals surface area contributed by atoms with Crippen LogP contribution in [0.25, 0.3) is 0 Å². The van der Waals surface area contributed by atoms with Gasteiger partial charge >= 0.3 is 0 Å². The predicted octanol–water partition coefficient (Wildman–Crippen LogP) is 3.17. The Balaban J connectivity index is 2.17. The summed E-state index contributed by atoms with van der Waals surface area (Å²) in [7, 11) is 0. The summed E-state index contributed by atoms with van der Waals surface area (Å²) in [4.78, 5) is 2.38. The second-order valence-corrected chi connectivity index (χ2v) is 5.65. The maximum atomic E-state index is 13.4. The highest BCUT2D eigenvalue weighted by atomic mass is 19.1. The van der Waals surface area contributed by atoms with E-state index in [9.17, 15) is 4.39 Å². The van der Waals surface area contributed by atoms with Gasteiger partial charge in [0.25, 0.3) is 0 Å². The molecule has 0 amide bonds. The number of halogens is 1. The largest absolute Gasteiger partial charge is 0.371 e. The Kier molecular flexibility index (Phi) is 4.23. The zero-order chi connectivity index (χ0) is 13.1. The molecule has 0 aromatic heterocycles. The van der Waals surface area contributed by atoms with Crippen molar-refractivity contribution >= 4 is 5.69 Å². The summed E-state index contributed by atoms with van der Waals surface area (Å²) in [5, 5.41) is 3.37. The Morgan fingerprint density at radius 2 is 2.22 bits per heavy atom. The van der Waals surface area contributed by atoms with Crippen molar-refractivity contribution in [3.05, 3.63) is 29.6 Å². The lowest BCUT2D eigenvalue weighted by Gasteiger charge is -2.22. The molecule has 1 N–H and O–H groups in total. The number of nitrogens with one attached hydrogen (secondary N) is 1. The summed E-state index contributed by atoms with van der Waals surface area (Å²) in [5.41, 5.74) is 2.26. The minimum Gasteiger partial charge on any atom is -0.371 e. The van der Waals surface area contributed by atoms with E-state index < -0.39 is 0 Å². The Labute approximate surface area is 109 Å². The van der Waals surface area contributed by atoms with Crippen LogP contribution < -0.4 is 10.2 Å². The Bertz CT molecular complexity index is 403. The van der Waals surface area contributed by atoms with Gasteiger partial charge in [-0.05, 0) is 36.1 Å². The molecule has 3 heteroatoms. The highest BCUT2D eigenvalue weighted by molar-refractivity contribution is 5.54. The van der Waals surface area contributed by atoms with Crippen molar-refractivity contribution in [3.8, 4) is 0 Å². The first-order chi connectivity index (χ1) is 8.56. The minimum atomic E-state index is -0.147. The third-order valence-electron chi connectivity index (χ3n) is 3.51. The second-order valence-electron chi connectivity index (χ2n) is 5.65. The van der Waals surface area contributed by atoms with Gasteiger partial charge < -0.3 is 10.2 Å².